The topological polar surface area (TPSA) is 57.2 Å². The Bertz CT molecular complexity index is 675. The van der Waals surface area contributed by atoms with Gasteiger partial charge in [-0.05, 0) is 32.0 Å². The largest absolute Gasteiger partial charge is 0.744 e. The highest BCUT2D eigenvalue weighted by Crippen LogP contribution is 2.13. The Hall–Kier alpha value is -1.30. The van der Waals surface area contributed by atoms with Crippen LogP contribution >= 0.6 is 0 Å². The predicted molar refractivity (Wildman–Crippen MR) is 87.8 cm³/mol. The van der Waals surface area contributed by atoms with Crippen LogP contribution in [0.4, 0.5) is 0 Å². The van der Waals surface area contributed by atoms with Gasteiger partial charge in [-0.25, -0.2) is 8.42 Å². The summed E-state index contributed by atoms with van der Waals surface area (Å²) in [6.07, 6.45) is 4.50. The summed E-state index contributed by atoms with van der Waals surface area (Å²) in [6.45, 7) is 3.99. The molecule has 0 unspecified atom stereocenters. The number of rotatable bonds is 2. The van der Waals surface area contributed by atoms with Gasteiger partial charge in [-0.15, -0.1) is 0 Å². The first kappa shape index (κ1) is 17.8. The Labute approximate surface area is 130 Å². The molecule has 0 N–H and O–H groups in total. The van der Waals surface area contributed by atoms with Crippen molar-refractivity contribution in [1.82, 2.24) is 0 Å². The van der Waals surface area contributed by atoms with E-state index in [-0.39, 0.29) is 4.90 Å². The van der Waals surface area contributed by atoms with E-state index in [0.717, 1.165) is 5.56 Å². The standard InChI is InChI=1S/C9H13S.C7H8O3S/c1-8-6-4-5-7-9(8)10(2)3;1-6-2-4-7(5-3-6)11(8,9)10/h4-7H,1-3H3;2-5H,1H3,(H,8,9,10)/q+1;/p-1. The van der Waals surface area contributed by atoms with Crippen LogP contribution < -0.4 is 0 Å². The maximum absolute atomic E-state index is 10.4. The van der Waals surface area contributed by atoms with Crippen molar-refractivity contribution < 1.29 is 13.0 Å². The quantitative estimate of drug-likeness (QED) is 0.630. The molecule has 2 rings (SSSR count). The maximum Gasteiger partial charge on any atom is 0.157 e. The van der Waals surface area contributed by atoms with Crippen LogP contribution in [0.5, 0.6) is 0 Å². The van der Waals surface area contributed by atoms with Crippen LogP contribution in [0.2, 0.25) is 0 Å². The summed E-state index contributed by atoms with van der Waals surface area (Å²) < 4.78 is 31.2. The molecule has 5 heteroatoms. The monoisotopic (exact) mass is 324 g/mol. The average Bonchev–Trinajstić information content (AvgIpc) is 2.39. The molecule has 0 saturated heterocycles. The van der Waals surface area contributed by atoms with Crippen molar-refractivity contribution >= 4 is 21.0 Å². The summed E-state index contributed by atoms with van der Waals surface area (Å²) in [7, 11) is -3.86. The van der Waals surface area contributed by atoms with Crippen molar-refractivity contribution in [2.45, 2.75) is 23.6 Å². The van der Waals surface area contributed by atoms with Gasteiger partial charge >= 0.3 is 0 Å². The first-order valence-corrected chi connectivity index (χ1v) is 9.82. The lowest BCUT2D eigenvalue weighted by atomic mass is 10.2. The second-order valence-corrected chi connectivity index (χ2v) is 8.30. The lowest BCUT2D eigenvalue weighted by molar-refractivity contribution is 0.463. The van der Waals surface area contributed by atoms with Crippen molar-refractivity contribution in [3.8, 4) is 0 Å². The number of hydrogen-bond acceptors (Lipinski definition) is 3. The third-order valence-corrected chi connectivity index (χ3v) is 5.03. The van der Waals surface area contributed by atoms with Crippen LogP contribution in [0.1, 0.15) is 11.1 Å². The molecule has 2 aromatic carbocycles. The van der Waals surface area contributed by atoms with Gasteiger partial charge in [-0.3, -0.25) is 0 Å². The Morgan fingerprint density at radius 2 is 1.43 bits per heavy atom. The van der Waals surface area contributed by atoms with Gasteiger partial charge in [0, 0.05) is 16.5 Å². The van der Waals surface area contributed by atoms with E-state index in [9.17, 15) is 13.0 Å². The minimum atomic E-state index is -4.27. The summed E-state index contributed by atoms with van der Waals surface area (Å²) in [5, 5.41) is 0. The molecule has 0 radical (unpaired) electrons. The van der Waals surface area contributed by atoms with Crippen LogP contribution in [-0.4, -0.2) is 25.5 Å². The fraction of sp³-hybridized carbons (Fsp3) is 0.250. The van der Waals surface area contributed by atoms with E-state index in [4.69, 9.17) is 0 Å². The zero-order chi connectivity index (χ0) is 16.0. The lowest BCUT2D eigenvalue weighted by Gasteiger charge is -2.05. The minimum absolute atomic E-state index is 0.178. The molecule has 21 heavy (non-hydrogen) atoms. The summed E-state index contributed by atoms with van der Waals surface area (Å²) in [5.41, 5.74) is 2.34. The first-order valence-electron chi connectivity index (χ1n) is 6.37. The molecule has 3 nitrogen and oxygen atoms in total. The molecule has 0 aliphatic heterocycles. The van der Waals surface area contributed by atoms with E-state index in [2.05, 4.69) is 43.7 Å². The molecule has 114 valence electrons. The lowest BCUT2D eigenvalue weighted by Crippen LogP contribution is -1.97. The van der Waals surface area contributed by atoms with E-state index in [1.54, 1.807) is 12.1 Å². The second-order valence-electron chi connectivity index (χ2n) is 4.85. The van der Waals surface area contributed by atoms with Gasteiger partial charge in [-0.1, -0.05) is 35.9 Å². The summed E-state index contributed by atoms with van der Waals surface area (Å²) in [5.74, 6) is 0. The Kier molecular flexibility index (Phi) is 6.45. The number of benzene rings is 2. The van der Waals surface area contributed by atoms with Crippen LogP contribution in [0, 0.1) is 13.8 Å². The normalized spacial score (nSPS) is 11.0. The molecular formula is C16H20O3S2. The van der Waals surface area contributed by atoms with Gasteiger partial charge in [0.15, 0.2) is 4.90 Å². The van der Waals surface area contributed by atoms with Gasteiger partial charge in [0.25, 0.3) is 0 Å². The zero-order valence-corrected chi connectivity index (χ0v) is 14.3. The van der Waals surface area contributed by atoms with Crippen LogP contribution in [-0.2, 0) is 21.0 Å². The molecule has 0 spiro atoms. The van der Waals surface area contributed by atoms with E-state index < -0.39 is 10.1 Å². The van der Waals surface area contributed by atoms with Crippen LogP contribution in [0.15, 0.2) is 58.3 Å². The molecule has 0 aliphatic carbocycles. The number of hydrogen-bond donors (Lipinski definition) is 0. The second kappa shape index (κ2) is 7.64. The van der Waals surface area contributed by atoms with Crippen LogP contribution in [0.3, 0.4) is 0 Å². The van der Waals surface area contributed by atoms with Crippen molar-refractivity contribution in [3.05, 3.63) is 59.7 Å². The average molecular weight is 324 g/mol. The van der Waals surface area contributed by atoms with E-state index in [1.165, 1.54) is 22.6 Å². The zero-order valence-electron chi connectivity index (χ0n) is 12.7. The van der Waals surface area contributed by atoms with Gasteiger partial charge in [0.05, 0.1) is 4.90 Å². The highest BCUT2D eigenvalue weighted by Gasteiger charge is 2.09. The molecule has 0 atom stereocenters. The smallest absolute Gasteiger partial charge is 0.157 e. The van der Waals surface area contributed by atoms with Gasteiger partial charge in [-0.2, -0.15) is 0 Å². The van der Waals surface area contributed by atoms with Crippen molar-refractivity contribution in [2.24, 2.45) is 0 Å². The van der Waals surface area contributed by atoms with E-state index in [0.29, 0.717) is 10.9 Å². The highest BCUT2D eigenvalue weighted by atomic mass is 32.2. The molecule has 0 heterocycles. The van der Waals surface area contributed by atoms with Gasteiger partial charge in [0.2, 0.25) is 0 Å². The third kappa shape index (κ3) is 5.91. The maximum atomic E-state index is 10.4. The van der Waals surface area contributed by atoms with Crippen molar-refractivity contribution in [1.29, 1.82) is 0 Å². The molecular weight excluding hydrogens is 304 g/mol. The molecule has 0 saturated carbocycles. The van der Waals surface area contributed by atoms with Gasteiger partial charge in [0.1, 0.15) is 22.6 Å². The van der Waals surface area contributed by atoms with Crippen LogP contribution in [0.25, 0.3) is 0 Å². The Balaban J connectivity index is 0.000000211. The summed E-state index contributed by atoms with van der Waals surface area (Å²) >= 11 is 0. The molecule has 0 bridgehead atoms. The van der Waals surface area contributed by atoms with Crippen molar-refractivity contribution in [3.63, 3.8) is 0 Å². The number of aryl methyl sites for hydroxylation is 2. The molecule has 2 aromatic rings. The molecule has 0 aromatic heterocycles. The first-order chi connectivity index (χ1) is 9.71. The van der Waals surface area contributed by atoms with Gasteiger partial charge < -0.3 is 4.55 Å². The molecule has 0 aliphatic rings. The highest BCUT2D eigenvalue weighted by molar-refractivity contribution is 7.95. The fourth-order valence-electron chi connectivity index (χ4n) is 1.72. The molecule has 0 fully saturated rings. The SMILES string of the molecule is Cc1ccc(S(=O)(=O)[O-])cc1.Cc1ccccc1[S+](C)C. The van der Waals surface area contributed by atoms with Crippen molar-refractivity contribution in [2.75, 3.05) is 12.5 Å². The minimum Gasteiger partial charge on any atom is -0.744 e. The summed E-state index contributed by atoms with van der Waals surface area (Å²) in [4.78, 5) is 1.31. The third-order valence-electron chi connectivity index (χ3n) is 2.84. The fourth-order valence-corrected chi connectivity index (χ4v) is 3.25. The predicted octanol–water partition coefficient (Wildman–Crippen LogP) is 3.13. The molecule has 0 amide bonds. The van der Waals surface area contributed by atoms with E-state index >= 15 is 0 Å². The van der Waals surface area contributed by atoms with E-state index in [1.807, 2.05) is 6.92 Å². The summed E-state index contributed by atoms with van der Waals surface area (Å²) in [6, 6.07) is 14.4. The Morgan fingerprint density at radius 1 is 0.905 bits per heavy atom. The Morgan fingerprint density at radius 3 is 1.81 bits per heavy atom.